The van der Waals surface area contributed by atoms with Crippen LogP contribution < -0.4 is 16.0 Å². The summed E-state index contributed by atoms with van der Waals surface area (Å²) in [7, 11) is 0. The van der Waals surface area contributed by atoms with Crippen molar-refractivity contribution in [3.63, 3.8) is 0 Å². The number of benzene rings is 1. The van der Waals surface area contributed by atoms with E-state index in [1.807, 2.05) is 30.3 Å². The molecule has 1 unspecified atom stereocenters. The summed E-state index contributed by atoms with van der Waals surface area (Å²) in [6.45, 7) is 1.99. The molecule has 0 spiro atoms. The van der Waals surface area contributed by atoms with Crippen LogP contribution >= 0.6 is 0 Å². The SMILES string of the molecule is O=C(O)CC(CCc1ccccc1)NC(=O)CNC(=O)CCCC1CCNCC1. The first-order valence-corrected chi connectivity index (χ1v) is 10.6. The van der Waals surface area contributed by atoms with Crippen LogP contribution in [0.4, 0.5) is 0 Å². The molecule has 29 heavy (non-hydrogen) atoms. The van der Waals surface area contributed by atoms with Gasteiger partial charge in [0.1, 0.15) is 0 Å². The summed E-state index contributed by atoms with van der Waals surface area (Å²) in [4.78, 5) is 35.2. The zero-order valence-corrected chi connectivity index (χ0v) is 17.0. The van der Waals surface area contributed by atoms with Crippen molar-refractivity contribution in [2.45, 2.75) is 57.4 Å². The predicted octanol–water partition coefficient (Wildman–Crippen LogP) is 1.86. The van der Waals surface area contributed by atoms with Crippen LogP contribution in [-0.2, 0) is 20.8 Å². The van der Waals surface area contributed by atoms with Crippen molar-refractivity contribution in [3.05, 3.63) is 35.9 Å². The quantitative estimate of drug-likeness (QED) is 0.426. The van der Waals surface area contributed by atoms with Crippen LogP contribution in [0.5, 0.6) is 0 Å². The molecule has 2 amide bonds. The predicted molar refractivity (Wildman–Crippen MR) is 111 cm³/mol. The van der Waals surface area contributed by atoms with Crippen molar-refractivity contribution in [3.8, 4) is 0 Å². The maximum atomic E-state index is 12.1. The number of hydrogen-bond acceptors (Lipinski definition) is 4. The number of carbonyl (C=O) groups is 3. The Labute approximate surface area is 172 Å². The molecule has 0 radical (unpaired) electrons. The number of carboxylic acid groups (broad SMARTS) is 1. The van der Waals surface area contributed by atoms with Crippen LogP contribution in [0.1, 0.15) is 50.5 Å². The molecule has 0 aromatic heterocycles. The van der Waals surface area contributed by atoms with E-state index in [-0.39, 0.29) is 24.8 Å². The lowest BCUT2D eigenvalue weighted by molar-refractivity contribution is -0.138. The third-order valence-electron chi connectivity index (χ3n) is 5.33. The third kappa shape index (κ3) is 10.1. The van der Waals surface area contributed by atoms with E-state index in [9.17, 15) is 14.4 Å². The van der Waals surface area contributed by atoms with Crippen LogP contribution in [0.3, 0.4) is 0 Å². The number of amides is 2. The summed E-state index contributed by atoms with van der Waals surface area (Å²) in [5, 5.41) is 17.8. The minimum absolute atomic E-state index is 0.117. The van der Waals surface area contributed by atoms with Crippen LogP contribution in [0, 0.1) is 5.92 Å². The molecule has 0 aliphatic carbocycles. The minimum Gasteiger partial charge on any atom is -0.481 e. The Bertz CT molecular complexity index is 645. The Morgan fingerprint density at radius 3 is 2.52 bits per heavy atom. The number of rotatable bonds is 12. The molecular weight excluding hydrogens is 370 g/mol. The monoisotopic (exact) mass is 403 g/mol. The Morgan fingerprint density at radius 2 is 1.83 bits per heavy atom. The maximum absolute atomic E-state index is 12.1. The molecule has 1 heterocycles. The van der Waals surface area contributed by atoms with Crippen LogP contribution in [0.25, 0.3) is 0 Å². The van der Waals surface area contributed by atoms with E-state index in [0.29, 0.717) is 25.2 Å². The smallest absolute Gasteiger partial charge is 0.305 e. The van der Waals surface area contributed by atoms with Gasteiger partial charge in [0, 0.05) is 12.5 Å². The molecule has 1 saturated heterocycles. The maximum Gasteiger partial charge on any atom is 0.305 e. The standard InChI is InChI=1S/C22H33N3O4/c26-20(8-4-7-18-11-13-23-14-12-18)24-16-21(27)25-19(15-22(28)29)10-9-17-5-2-1-3-6-17/h1-3,5-6,18-19,23H,4,7-16H2,(H,24,26)(H,25,27)(H,28,29). The van der Waals surface area contributed by atoms with Crippen LogP contribution in [0.15, 0.2) is 30.3 Å². The Hall–Kier alpha value is -2.41. The Morgan fingerprint density at radius 1 is 1.10 bits per heavy atom. The molecular formula is C22H33N3O4. The van der Waals surface area contributed by atoms with Crippen molar-refractivity contribution < 1.29 is 19.5 Å². The second-order valence-corrected chi connectivity index (χ2v) is 7.75. The normalized spacial score (nSPS) is 15.4. The molecule has 1 aliphatic heterocycles. The highest BCUT2D eigenvalue weighted by Crippen LogP contribution is 2.18. The number of hydrogen-bond donors (Lipinski definition) is 4. The number of aryl methyl sites for hydroxylation is 1. The summed E-state index contributed by atoms with van der Waals surface area (Å²) in [5.74, 6) is -0.747. The zero-order valence-electron chi connectivity index (χ0n) is 17.0. The highest BCUT2D eigenvalue weighted by Gasteiger charge is 2.17. The van der Waals surface area contributed by atoms with Crippen molar-refractivity contribution in [1.29, 1.82) is 0 Å². The first-order chi connectivity index (χ1) is 14.0. The van der Waals surface area contributed by atoms with Gasteiger partial charge in [-0.25, -0.2) is 0 Å². The van der Waals surface area contributed by atoms with Gasteiger partial charge in [-0.2, -0.15) is 0 Å². The van der Waals surface area contributed by atoms with Gasteiger partial charge in [0.2, 0.25) is 11.8 Å². The van der Waals surface area contributed by atoms with Gasteiger partial charge in [0.05, 0.1) is 13.0 Å². The van der Waals surface area contributed by atoms with E-state index in [4.69, 9.17) is 5.11 Å². The Kier molecular flexibility index (Phi) is 10.2. The van der Waals surface area contributed by atoms with Crippen molar-refractivity contribution in [1.82, 2.24) is 16.0 Å². The molecule has 4 N–H and O–H groups in total. The molecule has 1 fully saturated rings. The van der Waals surface area contributed by atoms with Gasteiger partial charge < -0.3 is 21.1 Å². The summed E-state index contributed by atoms with van der Waals surface area (Å²) < 4.78 is 0. The lowest BCUT2D eigenvalue weighted by Crippen LogP contribution is -2.43. The molecule has 1 aliphatic rings. The number of piperidine rings is 1. The number of aliphatic carboxylic acids is 1. The van der Waals surface area contributed by atoms with Gasteiger partial charge in [-0.3, -0.25) is 14.4 Å². The first kappa shape index (κ1) is 22.9. The molecule has 0 saturated carbocycles. The number of nitrogens with one attached hydrogen (secondary N) is 3. The molecule has 1 atom stereocenters. The number of carbonyl (C=O) groups excluding carboxylic acids is 2. The van der Waals surface area contributed by atoms with Gasteiger partial charge in [-0.15, -0.1) is 0 Å². The second-order valence-electron chi connectivity index (χ2n) is 7.75. The van der Waals surface area contributed by atoms with Crippen molar-refractivity contribution >= 4 is 17.8 Å². The van der Waals surface area contributed by atoms with Crippen molar-refractivity contribution in [2.75, 3.05) is 19.6 Å². The number of carboxylic acids is 1. The van der Waals surface area contributed by atoms with Crippen LogP contribution in [-0.4, -0.2) is 48.6 Å². The molecule has 160 valence electrons. The van der Waals surface area contributed by atoms with E-state index >= 15 is 0 Å². The lowest BCUT2D eigenvalue weighted by atomic mass is 9.92. The minimum atomic E-state index is -0.953. The van der Waals surface area contributed by atoms with E-state index < -0.39 is 12.0 Å². The average Bonchev–Trinajstić information content (AvgIpc) is 2.72. The summed E-state index contributed by atoms with van der Waals surface area (Å²) in [5.41, 5.74) is 1.10. The molecule has 7 heteroatoms. The van der Waals surface area contributed by atoms with Gasteiger partial charge in [-0.1, -0.05) is 30.3 Å². The van der Waals surface area contributed by atoms with E-state index in [0.717, 1.165) is 44.3 Å². The summed E-state index contributed by atoms with van der Waals surface area (Å²) in [6, 6.07) is 9.28. The second kappa shape index (κ2) is 12.9. The van der Waals surface area contributed by atoms with Gasteiger partial charge in [-0.05, 0) is 63.1 Å². The molecule has 0 bridgehead atoms. The van der Waals surface area contributed by atoms with E-state index in [1.54, 1.807) is 0 Å². The van der Waals surface area contributed by atoms with Gasteiger partial charge >= 0.3 is 5.97 Å². The summed E-state index contributed by atoms with van der Waals surface area (Å²) >= 11 is 0. The fourth-order valence-electron chi connectivity index (χ4n) is 3.69. The Balaban J connectivity index is 1.65. The topological polar surface area (TPSA) is 108 Å². The lowest BCUT2D eigenvalue weighted by Gasteiger charge is -2.22. The average molecular weight is 404 g/mol. The largest absolute Gasteiger partial charge is 0.481 e. The van der Waals surface area contributed by atoms with Crippen LogP contribution in [0.2, 0.25) is 0 Å². The molecule has 2 rings (SSSR count). The third-order valence-corrected chi connectivity index (χ3v) is 5.33. The van der Waals surface area contributed by atoms with E-state index in [1.165, 1.54) is 0 Å². The zero-order chi connectivity index (χ0) is 20.9. The highest BCUT2D eigenvalue weighted by molar-refractivity contribution is 5.85. The fourth-order valence-corrected chi connectivity index (χ4v) is 3.69. The molecule has 7 nitrogen and oxygen atoms in total. The van der Waals surface area contributed by atoms with Gasteiger partial charge in [0.15, 0.2) is 0 Å². The van der Waals surface area contributed by atoms with Gasteiger partial charge in [0.25, 0.3) is 0 Å². The first-order valence-electron chi connectivity index (χ1n) is 10.6. The molecule has 1 aromatic carbocycles. The molecule has 1 aromatic rings. The summed E-state index contributed by atoms with van der Waals surface area (Å²) in [6.07, 6.45) is 5.70. The van der Waals surface area contributed by atoms with Crippen molar-refractivity contribution in [2.24, 2.45) is 5.92 Å². The van der Waals surface area contributed by atoms with E-state index in [2.05, 4.69) is 16.0 Å². The highest BCUT2D eigenvalue weighted by atomic mass is 16.4. The fraction of sp³-hybridized carbons (Fsp3) is 0.591.